The number of carbonyl (C=O) groups is 2. The van der Waals surface area contributed by atoms with E-state index in [0.29, 0.717) is 11.4 Å². The van der Waals surface area contributed by atoms with E-state index in [1.807, 2.05) is 13.0 Å². The van der Waals surface area contributed by atoms with Crippen molar-refractivity contribution in [3.63, 3.8) is 0 Å². The lowest BCUT2D eigenvalue weighted by molar-refractivity contribution is -0.136. The lowest BCUT2D eigenvalue weighted by atomic mass is 9.85. The number of aryl methyl sites for hydroxylation is 1. The molecule has 1 aliphatic rings. The molecule has 0 saturated heterocycles. The van der Waals surface area contributed by atoms with Crippen molar-refractivity contribution >= 4 is 17.5 Å². The largest absolute Gasteiger partial charge is 0.495 e. The van der Waals surface area contributed by atoms with Gasteiger partial charge in [-0.1, -0.05) is 25.3 Å². The summed E-state index contributed by atoms with van der Waals surface area (Å²) in [5.74, 6) is -0.828. The number of benzene rings is 1. The number of methoxy groups -OCH3 is 1. The number of aliphatic hydroxyl groups excluding tert-OH is 1. The fourth-order valence-electron chi connectivity index (χ4n) is 3.06. The van der Waals surface area contributed by atoms with E-state index in [-0.39, 0.29) is 12.5 Å². The number of aliphatic hydroxyl groups is 1. The summed E-state index contributed by atoms with van der Waals surface area (Å²) < 4.78 is 5.17. The molecular weight excluding hydrogens is 308 g/mol. The number of amides is 2. The van der Waals surface area contributed by atoms with Crippen molar-refractivity contribution in [2.75, 3.05) is 19.0 Å². The van der Waals surface area contributed by atoms with Gasteiger partial charge in [0.2, 0.25) is 0 Å². The molecule has 0 aromatic heterocycles. The van der Waals surface area contributed by atoms with E-state index >= 15 is 0 Å². The van der Waals surface area contributed by atoms with E-state index in [2.05, 4.69) is 10.6 Å². The first kappa shape index (κ1) is 18.3. The molecule has 0 spiro atoms. The summed E-state index contributed by atoms with van der Waals surface area (Å²) in [6.07, 6.45) is 4.78. The molecule has 1 fully saturated rings. The number of nitrogens with one attached hydrogen (secondary N) is 2. The number of anilines is 1. The van der Waals surface area contributed by atoms with Gasteiger partial charge in [-0.25, -0.2) is 0 Å². The molecule has 1 atom stereocenters. The zero-order valence-corrected chi connectivity index (χ0v) is 14.3. The van der Waals surface area contributed by atoms with Crippen molar-refractivity contribution in [1.82, 2.24) is 5.32 Å². The number of hydrogen-bond acceptors (Lipinski definition) is 4. The van der Waals surface area contributed by atoms with Crippen molar-refractivity contribution in [3.8, 4) is 5.75 Å². The van der Waals surface area contributed by atoms with Crippen molar-refractivity contribution in [1.29, 1.82) is 0 Å². The summed E-state index contributed by atoms with van der Waals surface area (Å²) in [5, 5.41) is 15.2. The Hall–Kier alpha value is -2.08. The quantitative estimate of drug-likeness (QED) is 0.719. The first-order valence-electron chi connectivity index (χ1n) is 8.43. The van der Waals surface area contributed by atoms with Crippen LogP contribution in [0, 0.1) is 12.8 Å². The highest BCUT2D eigenvalue weighted by Gasteiger charge is 2.23. The van der Waals surface area contributed by atoms with Crippen LogP contribution in [-0.2, 0) is 9.59 Å². The molecule has 1 aromatic carbocycles. The van der Waals surface area contributed by atoms with Gasteiger partial charge in [0.15, 0.2) is 0 Å². The highest BCUT2D eigenvalue weighted by atomic mass is 16.5. The van der Waals surface area contributed by atoms with Gasteiger partial charge in [0.05, 0.1) is 18.9 Å². The van der Waals surface area contributed by atoms with Crippen LogP contribution in [0.3, 0.4) is 0 Å². The van der Waals surface area contributed by atoms with Crippen LogP contribution in [-0.4, -0.2) is 36.7 Å². The minimum atomic E-state index is -0.769. The topological polar surface area (TPSA) is 87.7 Å². The monoisotopic (exact) mass is 334 g/mol. The van der Waals surface area contributed by atoms with Crippen molar-refractivity contribution in [2.24, 2.45) is 5.92 Å². The molecule has 1 aromatic rings. The second-order valence-corrected chi connectivity index (χ2v) is 6.33. The molecule has 0 bridgehead atoms. The molecule has 2 rings (SSSR count). The first-order valence-corrected chi connectivity index (χ1v) is 8.43. The molecular formula is C18H26N2O4. The van der Waals surface area contributed by atoms with E-state index in [4.69, 9.17) is 4.74 Å². The lowest BCUT2D eigenvalue weighted by Gasteiger charge is -2.26. The summed E-state index contributed by atoms with van der Waals surface area (Å²) >= 11 is 0. The average Bonchev–Trinajstić information content (AvgIpc) is 2.60. The number of rotatable bonds is 5. The van der Waals surface area contributed by atoms with Gasteiger partial charge in [-0.05, 0) is 43.4 Å². The maximum atomic E-state index is 12.0. The van der Waals surface area contributed by atoms with E-state index in [9.17, 15) is 14.7 Å². The Labute approximate surface area is 142 Å². The molecule has 3 N–H and O–H groups in total. The van der Waals surface area contributed by atoms with Gasteiger partial charge in [0.25, 0.3) is 0 Å². The summed E-state index contributed by atoms with van der Waals surface area (Å²) in [7, 11) is 1.50. The van der Waals surface area contributed by atoms with Gasteiger partial charge < -0.3 is 20.5 Å². The fourth-order valence-corrected chi connectivity index (χ4v) is 3.06. The van der Waals surface area contributed by atoms with Gasteiger partial charge in [0.1, 0.15) is 5.75 Å². The van der Waals surface area contributed by atoms with Gasteiger partial charge >= 0.3 is 11.8 Å². The molecule has 0 radical (unpaired) electrons. The smallest absolute Gasteiger partial charge is 0.313 e. The third kappa shape index (κ3) is 4.96. The van der Waals surface area contributed by atoms with Crippen LogP contribution in [0.15, 0.2) is 18.2 Å². The van der Waals surface area contributed by atoms with Crippen molar-refractivity contribution < 1.29 is 19.4 Å². The van der Waals surface area contributed by atoms with E-state index in [1.54, 1.807) is 12.1 Å². The second-order valence-electron chi connectivity index (χ2n) is 6.33. The van der Waals surface area contributed by atoms with Crippen molar-refractivity contribution in [3.05, 3.63) is 23.8 Å². The summed E-state index contributed by atoms with van der Waals surface area (Å²) in [6.45, 7) is 1.98. The molecule has 24 heavy (non-hydrogen) atoms. The van der Waals surface area contributed by atoms with Crippen LogP contribution >= 0.6 is 0 Å². The van der Waals surface area contributed by atoms with Gasteiger partial charge in [0, 0.05) is 6.54 Å². The predicted molar refractivity (Wildman–Crippen MR) is 92.0 cm³/mol. The highest BCUT2D eigenvalue weighted by molar-refractivity contribution is 6.39. The summed E-state index contributed by atoms with van der Waals surface area (Å²) in [5.41, 5.74) is 1.39. The van der Waals surface area contributed by atoms with Crippen molar-refractivity contribution in [2.45, 2.75) is 45.1 Å². The number of hydrogen-bond donors (Lipinski definition) is 3. The SMILES string of the molecule is COc1ccc(C)cc1NC(=O)C(=O)NCC(O)C1CCCCC1. The molecule has 1 aliphatic carbocycles. The third-order valence-electron chi connectivity index (χ3n) is 4.48. The van der Waals surface area contributed by atoms with Crippen LogP contribution in [0.25, 0.3) is 0 Å². The van der Waals surface area contributed by atoms with E-state index in [0.717, 1.165) is 31.2 Å². The van der Waals surface area contributed by atoms with Gasteiger partial charge in [-0.15, -0.1) is 0 Å². The molecule has 1 saturated carbocycles. The Morgan fingerprint density at radius 3 is 2.62 bits per heavy atom. The number of ether oxygens (including phenoxy) is 1. The van der Waals surface area contributed by atoms with Crippen LogP contribution in [0.4, 0.5) is 5.69 Å². The molecule has 6 nitrogen and oxygen atoms in total. The maximum absolute atomic E-state index is 12.0. The average molecular weight is 334 g/mol. The number of carbonyl (C=O) groups excluding carboxylic acids is 2. The Kier molecular flexibility index (Phi) is 6.61. The standard InChI is InChI=1S/C18H26N2O4/c1-12-8-9-16(24-2)14(10-12)20-18(23)17(22)19-11-15(21)13-6-4-3-5-7-13/h8-10,13,15,21H,3-7,11H2,1-2H3,(H,19,22)(H,20,23). The van der Waals surface area contributed by atoms with Crippen LogP contribution in [0.1, 0.15) is 37.7 Å². The summed E-state index contributed by atoms with van der Waals surface area (Å²) in [4.78, 5) is 24.0. The Bertz CT molecular complexity index is 582. The third-order valence-corrected chi connectivity index (χ3v) is 4.48. The van der Waals surface area contributed by atoms with Gasteiger partial charge in [-0.3, -0.25) is 9.59 Å². The highest BCUT2D eigenvalue weighted by Crippen LogP contribution is 2.26. The van der Waals surface area contributed by atoms with E-state index in [1.165, 1.54) is 13.5 Å². The van der Waals surface area contributed by atoms with Crippen LogP contribution in [0.5, 0.6) is 5.75 Å². The molecule has 2 amide bonds. The zero-order chi connectivity index (χ0) is 17.5. The lowest BCUT2D eigenvalue weighted by Crippen LogP contribution is -2.42. The maximum Gasteiger partial charge on any atom is 0.313 e. The van der Waals surface area contributed by atoms with E-state index < -0.39 is 17.9 Å². The second kappa shape index (κ2) is 8.68. The Morgan fingerprint density at radius 2 is 1.96 bits per heavy atom. The molecule has 6 heteroatoms. The van der Waals surface area contributed by atoms with Crippen LogP contribution in [0.2, 0.25) is 0 Å². The Balaban J connectivity index is 1.86. The van der Waals surface area contributed by atoms with Crippen LogP contribution < -0.4 is 15.4 Å². The zero-order valence-electron chi connectivity index (χ0n) is 14.3. The molecule has 0 aliphatic heterocycles. The predicted octanol–water partition coefficient (Wildman–Crippen LogP) is 2.00. The minimum Gasteiger partial charge on any atom is -0.495 e. The van der Waals surface area contributed by atoms with Gasteiger partial charge in [-0.2, -0.15) is 0 Å². The molecule has 132 valence electrons. The fraction of sp³-hybridized carbons (Fsp3) is 0.556. The first-order chi connectivity index (χ1) is 11.5. The Morgan fingerprint density at radius 1 is 1.25 bits per heavy atom. The molecule has 1 unspecified atom stereocenters. The molecule has 0 heterocycles. The minimum absolute atomic E-state index is 0.0991. The normalized spacial score (nSPS) is 16.3. The summed E-state index contributed by atoms with van der Waals surface area (Å²) in [6, 6.07) is 5.33.